The van der Waals surface area contributed by atoms with E-state index in [1.807, 2.05) is 0 Å². The molecule has 1 nitrogen and oxygen atoms in total. The number of rotatable bonds is 6. The Hall–Kier alpha value is -0.0400. The summed E-state index contributed by atoms with van der Waals surface area (Å²) >= 11 is 0. The summed E-state index contributed by atoms with van der Waals surface area (Å²) < 4.78 is 0. The van der Waals surface area contributed by atoms with Crippen molar-refractivity contribution >= 4 is 0 Å². The zero-order chi connectivity index (χ0) is 9.61. The van der Waals surface area contributed by atoms with Crippen molar-refractivity contribution in [2.75, 3.05) is 6.54 Å². The lowest BCUT2D eigenvalue weighted by molar-refractivity contribution is 0.203. The Kier molecular flexibility index (Phi) is 5.56. The lowest BCUT2D eigenvalue weighted by Crippen LogP contribution is -2.32. The molecule has 1 heteroatoms. The predicted octanol–water partition coefficient (Wildman–Crippen LogP) is 3.19. The van der Waals surface area contributed by atoms with Gasteiger partial charge in [0.05, 0.1) is 0 Å². The number of unbranched alkanes of at least 4 members (excludes halogenated alkanes) is 2. The standard InChI is InChI=1S/C11H25N/c1-5-6-7-8-11(4,9-12)10(2)3/h10H,5-9,12H2,1-4H3. The third kappa shape index (κ3) is 3.57. The SMILES string of the molecule is CCCCCC(C)(CN)C(C)C. The highest BCUT2D eigenvalue weighted by Crippen LogP contribution is 2.31. The molecular formula is C11H25N. The van der Waals surface area contributed by atoms with Crippen molar-refractivity contribution < 1.29 is 0 Å². The van der Waals surface area contributed by atoms with Crippen molar-refractivity contribution in [3.63, 3.8) is 0 Å². The van der Waals surface area contributed by atoms with Gasteiger partial charge in [0.1, 0.15) is 0 Å². The van der Waals surface area contributed by atoms with Gasteiger partial charge in [-0.2, -0.15) is 0 Å². The zero-order valence-electron chi connectivity index (χ0n) is 9.19. The third-order valence-electron chi connectivity index (χ3n) is 3.21. The summed E-state index contributed by atoms with van der Waals surface area (Å²) in [6, 6.07) is 0. The van der Waals surface area contributed by atoms with Crippen molar-refractivity contribution in [2.45, 2.75) is 53.4 Å². The molecule has 2 N–H and O–H groups in total. The number of hydrogen-bond acceptors (Lipinski definition) is 1. The summed E-state index contributed by atoms with van der Waals surface area (Å²) in [4.78, 5) is 0. The molecule has 0 rings (SSSR count). The number of hydrogen-bond donors (Lipinski definition) is 1. The van der Waals surface area contributed by atoms with E-state index in [-0.39, 0.29) is 0 Å². The van der Waals surface area contributed by atoms with Crippen LogP contribution in [0.25, 0.3) is 0 Å². The van der Waals surface area contributed by atoms with Crippen LogP contribution in [0.5, 0.6) is 0 Å². The smallest absolute Gasteiger partial charge is 0.00207 e. The maximum absolute atomic E-state index is 5.79. The highest BCUT2D eigenvalue weighted by molar-refractivity contribution is 4.78. The van der Waals surface area contributed by atoms with Gasteiger partial charge >= 0.3 is 0 Å². The van der Waals surface area contributed by atoms with Gasteiger partial charge in [-0.1, -0.05) is 47.0 Å². The number of nitrogens with two attached hydrogens (primary N) is 1. The first-order valence-electron chi connectivity index (χ1n) is 5.27. The highest BCUT2D eigenvalue weighted by atomic mass is 14.6. The van der Waals surface area contributed by atoms with E-state index in [0.717, 1.165) is 6.54 Å². The third-order valence-corrected chi connectivity index (χ3v) is 3.21. The average molecular weight is 171 g/mol. The quantitative estimate of drug-likeness (QED) is 0.610. The molecule has 0 heterocycles. The fraction of sp³-hybridized carbons (Fsp3) is 1.00. The van der Waals surface area contributed by atoms with Gasteiger partial charge in [-0.3, -0.25) is 0 Å². The second-order valence-electron chi connectivity index (χ2n) is 4.47. The van der Waals surface area contributed by atoms with Crippen LogP contribution < -0.4 is 5.73 Å². The molecule has 0 saturated carbocycles. The molecule has 0 fully saturated rings. The van der Waals surface area contributed by atoms with Crippen LogP contribution in [0, 0.1) is 11.3 Å². The summed E-state index contributed by atoms with van der Waals surface area (Å²) in [6.45, 7) is 9.94. The van der Waals surface area contributed by atoms with Crippen molar-refractivity contribution in [2.24, 2.45) is 17.1 Å². The molecule has 0 radical (unpaired) electrons. The van der Waals surface area contributed by atoms with Gasteiger partial charge in [0.25, 0.3) is 0 Å². The second kappa shape index (κ2) is 5.58. The Morgan fingerprint density at radius 3 is 2.17 bits per heavy atom. The first-order chi connectivity index (χ1) is 5.56. The van der Waals surface area contributed by atoms with E-state index in [4.69, 9.17) is 5.73 Å². The van der Waals surface area contributed by atoms with Crippen LogP contribution in [-0.4, -0.2) is 6.54 Å². The summed E-state index contributed by atoms with van der Waals surface area (Å²) in [7, 11) is 0. The van der Waals surface area contributed by atoms with Crippen molar-refractivity contribution in [1.82, 2.24) is 0 Å². The molecule has 12 heavy (non-hydrogen) atoms. The molecular weight excluding hydrogens is 146 g/mol. The van der Waals surface area contributed by atoms with E-state index in [9.17, 15) is 0 Å². The molecule has 0 spiro atoms. The Bertz CT molecular complexity index is 110. The van der Waals surface area contributed by atoms with Crippen LogP contribution in [0.1, 0.15) is 53.4 Å². The molecule has 0 aromatic rings. The molecule has 0 aliphatic heterocycles. The molecule has 0 bridgehead atoms. The molecule has 0 aliphatic rings. The van der Waals surface area contributed by atoms with Crippen molar-refractivity contribution in [1.29, 1.82) is 0 Å². The molecule has 0 saturated heterocycles. The van der Waals surface area contributed by atoms with E-state index in [1.54, 1.807) is 0 Å². The summed E-state index contributed by atoms with van der Waals surface area (Å²) in [5, 5.41) is 0. The minimum Gasteiger partial charge on any atom is -0.330 e. The molecule has 0 aromatic carbocycles. The molecule has 1 unspecified atom stereocenters. The van der Waals surface area contributed by atoms with E-state index in [2.05, 4.69) is 27.7 Å². The predicted molar refractivity (Wildman–Crippen MR) is 56.1 cm³/mol. The van der Waals surface area contributed by atoms with Crippen LogP contribution in [0.2, 0.25) is 0 Å². The molecule has 0 aromatic heterocycles. The lowest BCUT2D eigenvalue weighted by atomic mass is 9.75. The van der Waals surface area contributed by atoms with E-state index in [1.165, 1.54) is 25.7 Å². The highest BCUT2D eigenvalue weighted by Gasteiger charge is 2.25. The maximum Gasteiger partial charge on any atom is -0.00207 e. The van der Waals surface area contributed by atoms with E-state index >= 15 is 0 Å². The minimum absolute atomic E-state index is 0.370. The first kappa shape index (κ1) is 12.0. The largest absolute Gasteiger partial charge is 0.330 e. The van der Waals surface area contributed by atoms with Crippen LogP contribution in [0.3, 0.4) is 0 Å². The van der Waals surface area contributed by atoms with Crippen LogP contribution in [0.4, 0.5) is 0 Å². The monoisotopic (exact) mass is 171 g/mol. The van der Waals surface area contributed by atoms with Crippen LogP contribution >= 0.6 is 0 Å². The van der Waals surface area contributed by atoms with Gasteiger partial charge in [-0.05, 0) is 24.3 Å². The van der Waals surface area contributed by atoms with Gasteiger partial charge in [-0.15, -0.1) is 0 Å². The Balaban J connectivity index is 3.80. The Morgan fingerprint density at radius 2 is 1.83 bits per heavy atom. The molecule has 74 valence electrons. The van der Waals surface area contributed by atoms with Gasteiger partial charge in [0.15, 0.2) is 0 Å². The fourth-order valence-corrected chi connectivity index (χ4v) is 1.41. The van der Waals surface area contributed by atoms with Gasteiger partial charge in [0, 0.05) is 0 Å². The maximum atomic E-state index is 5.79. The second-order valence-corrected chi connectivity index (χ2v) is 4.47. The molecule has 0 aliphatic carbocycles. The first-order valence-corrected chi connectivity index (χ1v) is 5.27. The normalized spacial score (nSPS) is 16.5. The average Bonchev–Trinajstić information content (AvgIpc) is 2.04. The van der Waals surface area contributed by atoms with Gasteiger partial charge in [-0.25, -0.2) is 0 Å². The van der Waals surface area contributed by atoms with Crippen LogP contribution in [0.15, 0.2) is 0 Å². The Labute approximate surface area is 77.7 Å². The van der Waals surface area contributed by atoms with E-state index in [0.29, 0.717) is 11.3 Å². The summed E-state index contributed by atoms with van der Waals surface area (Å²) in [6.07, 6.45) is 5.28. The summed E-state index contributed by atoms with van der Waals surface area (Å²) in [5.41, 5.74) is 6.16. The Morgan fingerprint density at radius 1 is 1.25 bits per heavy atom. The molecule has 0 amide bonds. The topological polar surface area (TPSA) is 26.0 Å². The molecule has 1 atom stereocenters. The lowest BCUT2D eigenvalue weighted by Gasteiger charge is -2.32. The van der Waals surface area contributed by atoms with Gasteiger partial charge < -0.3 is 5.73 Å². The minimum atomic E-state index is 0.370. The fourth-order valence-electron chi connectivity index (χ4n) is 1.41. The van der Waals surface area contributed by atoms with Gasteiger partial charge in [0.2, 0.25) is 0 Å². The summed E-state index contributed by atoms with van der Waals surface area (Å²) in [5.74, 6) is 0.708. The van der Waals surface area contributed by atoms with E-state index < -0.39 is 0 Å². The van der Waals surface area contributed by atoms with Crippen molar-refractivity contribution in [3.8, 4) is 0 Å². The zero-order valence-corrected chi connectivity index (χ0v) is 9.19. The van der Waals surface area contributed by atoms with Crippen molar-refractivity contribution in [3.05, 3.63) is 0 Å². The van der Waals surface area contributed by atoms with Crippen LogP contribution in [-0.2, 0) is 0 Å².